The Bertz CT molecular complexity index is 687. The summed E-state index contributed by atoms with van der Waals surface area (Å²) in [5.74, 6) is 0.0237. The van der Waals surface area contributed by atoms with Gasteiger partial charge in [-0.05, 0) is 24.0 Å². The molecule has 0 radical (unpaired) electrons. The number of rotatable bonds is 5. The molecule has 0 aliphatic carbocycles. The van der Waals surface area contributed by atoms with Gasteiger partial charge < -0.3 is 4.90 Å². The van der Waals surface area contributed by atoms with E-state index in [9.17, 15) is 9.00 Å². The van der Waals surface area contributed by atoms with Crippen molar-refractivity contribution in [3.63, 3.8) is 0 Å². The molecule has 1 aliphatic rings. The van der Waals surface area contributed by atoms with Crippen LogP contribution in [-0.2, 0) is 28.6 Å². The maximum absolute atomic E-state index is 12.7. The summed E-state index contributed by atoms with van der Waals surface area (Å²) in [5.41, 5.74) is 2.33. The number of amides is 1. The van der Waals surface area contributed by atoms with Gasteiger partial charge in [0, 0.05) is 29.6 Å². The van der Waals surface area contributed by atoms with E-state index >= 15 is 0 Å². The number of carbonyl (C=O) groups excluding carboxylic acids is 1. The van der Waals surface area contributed by atoms with Crippen molar-refractivity contribution in [1.82, 2.24) is 4.90 Å². The molecule has 3 rings (SSSR count). The van der Waals surface area contributed by atoms with E-state index in [1.165, 1.54) is 5.56 Å². The Hall–Kier alpha value is -1.94. The van der Waals surface area contributed by atoms with Crippen LogP contribution in [0.2, 0.25) is 0 Å². The van der Waals surface area contributed by atoms with Gasteiger partial charge in [0.15, 0.2) is 0 Å². The zero-order chi connectivity index (χ0) is 16.2. The third-order valence-corrected chi connectivity index (χ3v) is 5.59. The van der Waals surface area contributed by atoms with Gasteiger partial charge in [0.05, 0.1) is 0 Å². The van der Waals surface area contributed by atoms with Crippen LogP contribution in [0.5, 0.6) is 0 Å². The molecule has 3 atom stereocenters. The zero-order valence-electron chi connectivity index (χ0n) is 13.2. The molecule has 1 heterocycles. The van der Waals surface area contributed by atoms with Crippen molar-refractivity contribution < 1.29 is 9.00 Å². The Balaban J connectivity index is 1.82. The van der Waals surface area contributed by atoms with Crippen molar-refractivity contribution in [2.75, 3.05) is 6.26 Å². The standard InChI is InChI=1S/C19H21NO2S/c1-23(22)18-13-17(12-15-8-4-2-5-9-15)20(19(18)21)14-16-10-6-3-7-11-16/h2-11,17-18H,12-14H2,1H3/t17-,18?,23?/m0/s1. The lowest BCUT2D eigenvalue weighted by molar-refractivity contribution is -0.129. The minimum atomic E-state index is -1.12. The molecule has 2 aromatic rings. The van der Waals surface area contributed by atoms with Crippen LogP contribution in [-0.4, -0.2) is 32.6 Å². The lowest BCUT2D eigenvalue weighted by atomic mass is 10.0. The van der Waals surface area contributed by atoms with Crippen molar-refractivity contribution in [2.24, 2.45) is 0 Å². The van der Waals surface area contributed by atoms with Crippen LogP contribution in [0.4, 0.5) is 0 Å². The van der Waals surface area contributed by atoms with Crippen LogP contribution in [0, 0.1) is 0 Å². The molecule has 23 heavy (non-hydrogen) atoms. The van der Waals surface area contributed by atoms with E-state index in [-0.39, 0.29) is 17.2 Å². The second-order valence-electron chi connectivity index (χ2n) is 6.02. The summed E-state index contributed by atoms with van der Waals surface area (Å²) >= 11 is 0. The first-order valence-corrected chi connectivity index (χ1v) is 9.48. The summed E-state index contributed by atoms with van der Waals surface area (Å²) in [6.07, 6.45) is 3.12. The molecule has 2 unspecified atom stereocenters. The average Bonchev–Trinajstić information content (AvgIpc) is 2.86. The van der Waals surface area contributed by atoms with Gasteiger partial charge >= 0.3 is 0 Å². The summed E-state index contributed by atoms with van der Waals surface area (Å²) in [4.78, 5) is 14.6. The Morgan fingerprint density at radius 3 is 2.13 bits per heavy atom. The van der Waals surface area contributed by atoms with Crippen LogP contribution in [0.25, 0.3) is 0 Å². The first-order chi connectivity index (χ1) is 11.1. The normalized spacial score (nSPS) is 22.3. The van der Waals surface area contributed by atoms with Gasteiger partial charge in [-0.15, -0.1) is 0 Å². The molecule has 0 N–H and O–H groups in total. The zero-order valence-corrected chi connectivity index (χ0v) is 14.0. The first kappa shape index (κ1) is 15.9. The Labute approximate surface area is 139 Å². The molecular weight excluding hydrogens is 306 g/mol. The summed E-state index contributed by atoms with van der Waals surface area (Å²) in [5, 5.41) is -0.368. The number of carbonyl (C=O) groups is 1. The van der Waals surface area contributed by atoms with E-state index in [1.807, 2.05) is 53.4 Å². The molecule has 120 valence electrons. The van der Waals surface area contributed by atoms with E-state index in [4.69, 9.17) is 0 Å². The molecule has 1 saturated heterocycles. The van der Waals surface area contributed by atoms with Gasteiger partial charge in [0.2, 0.25) is 5.91 Å². The van der Waals surface area contributed by atoms with E-state index in [2.05, 4.69) is 12.1 Å². The highest BCUT2D eigenvalue weighted by Gasteiger charge is 2.41. The second kappa shape index (κ2) is 7.09. The monoisotopic (exact) mass is 327 g/mol. The number of likely N-dealkylation sites (tertiary alicyclic amines) is 1. The predicted molar refractivity (Wildman–Crippen MR) is 93.4 cm³/mol. The number of hydrogen-bond acceptors (Lipinski definition) is 2. The topological polar surface area (TPSA) is 37.4 Å². The molecule has 1 fully saturated rings. The Morgan fingerprint density at radius 2 is 1.57 bits per heavy atom. The molecular formula is C19H21NO2S. The largest absolute Gasteiger partial charge is 0.334 e. The molecule has 0 saturated carbocycles. The minimum absolute atomic E-state index is 0.0237. The van der Waals surface area contributed by atoms with E-state index in [0.29, 0.717) is 13.0 Å². The highest BCUT2D eigenvalue weighted by atomic mass is 32.2. The van der Waals surface area contributed by atoms with E-state index in [0.717, 1.165) is 12.0 Å². The number of hydrogen-bond donors (Lipinski definition) is 0. The molecule has 1 amide bonds. The second-order valence-corrected chi connectivity index (χ2v) is 7.58. The third kappa shape index (κ3) is 3.70. The number of benzene rings is 2. The molecule has 3 nitrogen and oxygen atoms in total. The fraction of sp³-hybridized carbons (Fsp3) is 0.316. The predicted octanol–water partition coefficient (Wildman–Crippen LogP) is 2.78. The van der Waals surface area contributed by atoms with Gasteiger partial charge in [-0.25, -0.2) is 0 Å². The van der Waals surface area contributed by atoms with Crippen LogP contribution in [0.1, 0.15) is 17.5 Å². The molecule has 0 spiro atoms. The van der Waals surface area contributed by atoms with E-state index < -0.39 is 10.8 Å². The molecule has 4 heteroatoms. The molecule has 0 aromatic heterocycles. The summed E-state index contributed by atoms with van der Waals surface area (Å²) in [6, 6.07) is 20.3. The van der Waals surface area contributed by atoms with Crippen molar-refractivity contribution in [2.45, 2.75) is 30.7 Å². The number of nitrogens with zero attached hydrogens (tertiary/aromatic N) is 1. The molecule has 0 bridgehead atoms. The summed E-state index contributed by atoms with van der Waals surface area (Å²) in [7, 11) is -1.12. The Kier molecular flexibility index (Phi) is 4.91. The minimum Gasteiger partial charge on any atom is -0.334 e. The van der Waals surface area contributed by atoms with E-state index in [1.54, 1.807) is 6.26 Å². The SMILES string of the molecule is CS(=O)C1C[C@H](Cc2ccccc2)N(Cc2ccccc2)C1=O. The summed E-state index contributed by atoms with van der Waals surface area (Å²) < 4.78 is 11.9. The van der Waals surface area contributed by atoms with Crippen LogP contribution in [0.15, 0.2) is 60.7 Å². The lowest BCUT2D eigenvalue weighted by Crippen LogP contribution is -2.35. The van der Waals surface area contributed by atoms with Gasteiger partial charge in [-0.3, -0.25) is 9.00 Å². The van der Waals surface area contributed by atoms with Gasteiger partial charge in [0.25, 0.3) is 0 Å². The smallest absolute Gasteiger partial charge is 0.238 e. The highest BCUT2D eigenvalue weighted by Crippen LogP contribution is 2.27. The highest BCUT2D eigenvalue weighted by molar-refractivity contribution is 7.85. The van der Waals surface area contributed by atoms with Crippen molar-refractivity contribution in [3.8, 4) is 0 Å². The van der Waals surface area contributed by atoms with Crippen molar-refractivity contribution in [3.05, 3.63) is 71.8 Å². The lowest BCUT2D eigenvalue weighted by Gasteiger charge is -2.25. The maximum atomic E-state index is 12.7. The van der Waals surface area contributed by atoms with Crippen LogP contribution >= 0.6 is 0 Å². The Morgan fingerprint density at radius 1 is 1.00 bits per heavy atom. The van der Waals surface area contributed by atoms with Gasteiger partial charge in [-0.1, -0.05) is 60.7 Å². The fourth-order valence-corrected chi connectivity index (χ4v) is 4.10. The molecule has 1 aliphatic heterocycles. The third-order valence-electron chi connectivity index (χ3n) is 4.40. The van der Waals surface area contributed by atoms with Gasteiger partial charge in [0.1, 0.15) is 5.25 Å². The van der Waals surface area contributed by atoms with Crippen LogP contribution < -0.4 is 0 Å². The van der Waals surface area contributed by atoms with Gasteiger partial charge in [-0.2, -0.15) is 0 Å². The maximum Gasteiger partial charge on any atom is 0.238 e. The molecule has 2 aromatic carbocycles. The van der Waals surface area contributed by atoms with Crippen molar-refractivity contribution >= 4 is 16.7 Å². The van der Waals surface area contributed by atoms with Crippen LogP contribution in [0.3, 0.4) is 0 Å². The average molecular weight is 327 g/mol. The quantitative estimate of drug-likeness (QED) is 0.847. The van der Waals surface area contributed by atoms with Crippen molar-refractivity contribution in [1.29, 1.82) is 0 Å². The summed E-state index contributed by atoms with van der Waals surface area (Å²) in [6.45, 7) is 0.588. The fourth-order valence-electron chi connectivity index (χ4n) is 3.18. The first-order valence-electron chi connectivity index (χ1n) is 7.85.